The molecule has 2 unspecified atom stereocenters. The van der Waals surface area contributed by atoms with Crippen molar-refractivity contribution in [2.24, 2.45) is 11.1 Å². The normalized spacial score (nSPS) is 38.0. The SMILES string of the molecule is CC1(C(=O)OC2COC2)COCC1N. The van der Waals surface area contributed by atoms with Gasteiger partial charge in [0.05, 0.1) is 26.4 Å². The van der Waals surface area contributed by atoms with E-state index in [2.05, 4.69) is 0 Å². The molecule has 0 aliphatic carbocycles. The molecule has 0 spiro atoms. The summed E-state index contributed by atoms with van der Waals surface area (Å²) in [7, 11) is 0. The van der Waals surface area contributed by atoms with Gasteiger partial charge in [0.1, 0.15) is 11.5 Å². The van der Waals surface area contributed by atoms with E-state index in [1.807, 2.05) is 0 Å². The molecule has 0 aromatic heterocycles. The maximum absolute atomic E-state index is 11.7. The predicted octanol–water partition coefficient (Wildman–Crippen LogP) is -0.708. The molecule has 14 heavy (non-hydrogen) atoms. The first-order chi connectivity index (χ1) is 6.63. The van der Waals surface area contributed by atoms with Gasteiger partial charge in [-0.1, -0.05) is 0 Å². The van der Waals surface area contributed by atoms with Crippen molar-refractivity contribution in [1.29, 1.82) is 0 Å². The molecular formula is C9H15NO4. The standard InChI is InChI=1S/C9H15NO4/c1-9(5-13-4-7(9)10)8(11)14-6-2-12-3-6/h6-7H,2-5,10H2,1H3. The number of ether oxygens (including phenoxy) is 3. The van der Waals surface area contributed by atoms with Gasteiger partial charge < -0.3 is 19.9 Å². The van der Waals surface area contributed by atoms with E-state index in [0.717, 1.165) is 0 Å². The summed E-state index contributed by atoms with van der Waals surface area (Å²) in [5.74, 6) is -0.268. The lowest BCUT2D eigenvalue weighted by atomic mass is 9.86. The quantitative estimate of drug-likeness (QED) is 0.598. The van der Waals surface area contributed by atoms with Crippen LogP contribution >= 0.6 is 0 Å². The Bertz CT molecular complexity index is 241. The molecule has 2 heterocycles. The number of rotatable bonds is 2. The van der Waals surface area contributed by atoms with Gasteiger partial charge in [0, 0.05) is 6.04 Å². The Morgan fingerprint density at radius 1 is 1.43 bits per heavy atom. The van der Waals surface area contributed by atoms with E-state index in [1.165, 1.54) is 0 Å². The maximum Gasteiger partial charge on any atom is 0.316 e. The monoisotopic (exact) mass is 201 g/mol. The van der Waals surface area contributed by atoms with Gasteiger partial charge in [-0.2, -0.15) is 0 Å². The van der Waals surface area contributed by atoms with E-state index in [1.54, 1.807) is 6.92 Å². The number of esters is 1. The Balaban J connectivity index is 1.94. The second kappa shape index (κ2) is 3.49. The van der Waals surface area contributed by atoms with Crippen molar-refractivity contribution < 1.29 is 19.0 Å². The third-order valence-corrected chi connectivity index (χ3v) is 2.87. The van der Waals surface area contributed by atoms with Crippen LogP contribution in [0.4, 0.5) is 0 Å². The van der Waals surface area contributed by atoms with E-state index in [4.69, 9.17) is 19.9 Å². The Labute approximate surface area is 82.5 Å². The minimum Gasteiger partial charge on any atom is -0.457 e. The molecule has 0 radical (unpaired) electrons. The summed E-state index contributed by atoms with van der Waals surface area (Å²) in [4.78, 5) is 11.7. The first-order valence-electron chi connectivity index (χ1n) is 4.75. The van der Waals surface area contributed by atoms with Crippen LogP contribution < -0.4 is 5.73 Å². The average molecular weight is 201 g/mol. The van der Waals surface area contributed by atoms with Crippen molar-refractivity contribution >= 4 is 5.97 Å². The van der Waals surface area contributed by atoms with Crippen LogP contribution in [0.1, 0.15) is 6.92 Å². The molecule has 2 aliphatic rings. The second-order valence-corrected chi connectivity index (χ2v) is 4.10. The summed E-state index contributed by atoms with van der Waals surface area (Å²) < 4.78 is 15.3. The molecular weight excluding hydrogens is 186 g/mol. The highest BCUT2D eigenvalue weighted by Gasteiger charge is 2.47. The highest BCUT2D eigenvalue weighted by atomic mass is 16.6. The highest BCUT2D eigenvalue weighted by Crippen LogP contribution is 2.29. The van der Waals surface area contributed by atoms with Gasteiger partial charge in [-0.3, -0.25) is 4.79 Å². The molecule has 2 fully saturated rings. The van der Waals surface area contributed by atoms with Crippen LogP contribution in [-0.2, 0) is 19.0 Å². The summed E-state index contributed by atoms with van der Waals surface area (Å²) in [6.45, 7) is 3.55. The van der Waals surface area contributed by atoms with Gasteiger partial charge in [-0.15, -0.1) is 0 Å². The van der Waals surface area contributed by atoms with Gasteiger partial charge in [-0.25, -0.2) is 0 Å². The topological polar surface area (TPSA) is 70.8 Å². The van der Waals surface area contributed by atoms with Gasteiger partial charge in [0.2, 0.25) is 0 Å². The summed E-state index contributed by atoms with van der Waals surface area (Å²) in [6, 6.07) is -0.268. The molecule has 0 bridgehead atoms. The van der Waals surface area contributed by atoms with Gasteiger partial charge in [-0.05, 0) is 6.92 Å². The lowest BCUT2D eigenvalue weighted by Gasteiger charge is -2.31. The molecule has 2 saturated heterocycles. The number of nitrogens with two attached hydrogens (primary N) is 1. The molecule has 0 aromatic rings. The largest absolute Gasteiger partial charge is 0.457 e. The molecule has 5 heteroatoms. The van der Waals surface area contributed by atoms with E-state index >= 15 is 0 Å². The Morgan fingerprint density at radius 2 is 2.14 bits per heavy atom. The van der Waals surface area contributed by atoms with Crippen LogP contribution in [-0.4, -0.2) is 44.5 Å². The van der Waals surface area contributed by atoms with Crippen molar-refractivity contribution in [3.05, 3.63) is 0 Å². The Hall–Kier alpha value is -0.650. The highest BCUT2D eigenvalue weighted by molar-refractivity contribution is 5.78. The lowest BCUT2D eigenvalue weighted by Crippen LogP contribution is -2.49. The molecule has 2 rings (SSSR count). The second-order valence-electron chi connectivity index (χ2n) is 4.10. The molecule has 2 atom stereocenters. The van der Waals surface area contributed by atoms with Crippen LogP contribution in [0.25, 0.3) is 0 Å². The zero-order chi connectivity index (χ0) is 10.2. The summed E-state index contributed by atoms with van der Waals surface area (Å²) >= 11 is 0. The predicted molar refractivity (Wildman–Crippen MR) is 47.6 cm³/mol. The maximum atomic E-state index is 11.7. The third kappa shape index (κ3) is 1.51. The molecule has 2 N–H and O–H groups in total. The smallest absolute Gasteiger partial charge is 0.316 e. The molecule has 0 saturated carbocycles. The van der Waals surface area contributed by atoms with Gasteiger partial charge in [0.25, 0.3) is 0 Å². The third-order valence-electron chi connectivity index (χ3n) is 2.87. The van der Waals surface area contributed by atoms with Crippen molar-refractivity contribution in [2.75, 3.05) is 26.4 Å². The Kier molecular flexibility index (Phi) is 2.47. The van der Waals surface area contributed by atoms with E-state index in [0.29, 0.717) is 26.4 Å². The van der Waals surface area contributed by atoms with Crippen LogP contribution in [0, 0.1) is 5.41 Å². The minimum absolute atomic E-state index is 0.0906. The Morgan fingerprint density at radius 3 is 2.57 bits per heavy atom. The summed E-state index contributed by atoms with van der Waals surface area (Å²) in [6.07, 6.45) is -0.0906. The molecule has 80 valence electrons. The van der Waals surface area contributed by atoms with Crippen LogP contribution in [0.2, 0.25) is 0 Å². The lowest BCUT2D eigenvalue weighted by molar-refractivity contribution is -0.183. The number of carbonyl (C=O) groups excluding carboxylic acids is 1. The zero-order valence-electron chi connectivity index (χ0n) is 8.19. The molecule has 2 aliphatic heterocycles. The fourth-order valence-electron chi connectivity index (χ4n) is 1.47. The first-order valence-corrected chi connectivity index (χ1v) is 4.75. The molecule has 5 nitrogen and oxygen atoms in total. The van der Waals surface area contributed by atoms with Crippen molar-refractivity contribution in [3.63, 3.8) is 0 Å². The molecule has 0 aromatic carbocycles. The van der Waals surface area contributed by atoms with Crippen molar-refractivity contribution in [1.82, 2.24) is 0 Å². The van der Waals surface area contributed by atoms with E-state index in [-0.39, 0.29) is 18.1 Å². The molecule has 0 amide bonds. The van der Waals surface area contributed by atoms with Crippen molar-refractivity contribution in [3.8, 4) is 0 Å². The van der Waals surface area contributed by atoms with Crippen LogP contribution in [0.15, 0.2) is 0 Å². The number of hydrogen-bond acceptors (Lipinski definition) is 5. The number of carbonyl (C=O) groups is 1. The zero-order valence-corrected chi connectivity index (χ0v) is 8.19. The van der Waals surface area contributed by atoms with Gasteiger partial charge >= 0.3 is 5.97 Å². The van der Waals surface area contributed by atoms with Crippen LogP contribution in [0.3, 0.4) is 0 Å². The summed E-state index contributed by atoms with van der Waals surface area (Å²) in [5.41, 5.74) is 5.11. The fourth-order valence-corrected chi connectivity index (χ4v) is 1.47. The average Bonchev–Trinajstić information content (AvgIpc) is 2.41. The fraction of sp³-hybridized carbons (Fsp3) is 0.889. The first kappa shape index (κ1) is 9.89. The van der Waals surface area contributed by atoms with E-state index in [9.17, 15) is 4.79 Å². The van der Waals surface area contributed by atoms with Crippen molar-refractivity contribution in [2.45, 2.75) is 19.1 Å². The summed E-state index contributed by atoms with van der Waals surface area (Å²) in [5, 5.41) is 0. The van der Waals surface area contributed by atoms with E-state index < -0.39 is 5.41 Å². The minimum atomic E-state index is -0.685. The van der Waals surface area contributed by atoms with Crippen LogP contribution in [0.5, 0.6) is 0 Å². The number of hydrogen-bond donors (Lipinski definition) is 1. The van der Waals surface area contributed by atoms with Gasteiger partial charge in [0.15, 0.2) is 0 Å².